The normalized spacial score (nSPS) is 13.6. The van der Waals surface area contributed by atoms with Gasteiger partial charge in [0.1, 0.15) is 0 Å². The molecule has 1 N–H and O–H groups in total. The van der Waals surface area contributed by atoms with Crippen molar-refractivity contribution in [1.82, 2.24) is 0 Å². The Morgan fingerprint density at radius 3 is 2.31 bits per heavy atom. The molecule has 0 saturated heterocycles. The maximum Gasteiger partial charge on any atom is 0.0909 e. The van der Waals surface area contributed by atoms with Crippen molar-refractivity contribution in [3.63, 3.8) is 0 Å². The lowest BCUT2D eigenvalue weighted by molar-refractivity contribution is 0.107. The van der Waals surface area contributed by atoms with Crippen molar-refractivity contribution in [2.45, 2.75) is 39.7 Å². The molecule has 1 heterocycles. The smallest absolute Gasteiger partial charge is 0.0909 e. The summed E-state index contributed by atoms with van der Waals surface area (Å²) >= 11 is 1.70. The van der Waals surface area contributed by atoms with E-state index in [9.17, 15) is 5.11 Å². The molecule has 0 spiro atoms. The van der Waals surface area contributed by atoms with Crippen LogP contribution in [0.2, 0.25) is 0 Å². The van der Waals surface area contributed by atoms with Crippen molar-refractivity contribution in [3.05, 3.63) is 21.9 Å². The molecule has 1 nitrogen and oxygen atoms in total. The maximum absolute atomic E-state index is 10.0. The second-order valence-corrected chi connectivity index (χ2v) is 4.79. The van der Waals surface area contributed by atoms with E-state index in [1.165, 1.54) is 4.88 Å². The van der Waals surface area contributed by atoms with Crippen molar-refractivity contribution in [1.29, 1.82) is 0 Å². The zero-order valence-corrected chi connectivity index (χ0v) is 9.40. The minimum atomic E-state index is -0.256. The molecule has 0 amide bonds. The van der Waals surface area contributed by atoms with Crippen LogP contribution in [-0.2, 0) is 0 Å². The van der Waals surface area contributed by atoms with Crippen molar-refractivity contribution in [2.24, 2.45) is 5.92 Å². The van der Waals surface area contributed by atoms with Crippen molar-refractivity contribution in [2.75, 3.05) is 0 Å². The van der Waals surface area contributed by atoms with Crippen LogP contribution in [0.1, 0.15) is 42.5 Å². The van der Waals surface area contributed by atoms with E-state index in [0.717, 1.165) is 17.7 Å². The van der Waals surface area contributed by atoms with Gasteiger partial charge in [-0.15, -0.1) is 11.3 Å². The number of thiophene rings is 1. The van der Waals surface area contributed by atoms with Gasteiger partial charge in [0, 0.05) is 9.75 Å². The number of aryl methyl sites for hydroxylation is 1. The fourth-order valence-corrected chi connectivity index (χ4v) is 2.54. The van der Waals surface area contributed by atoms with E-state index < -0.39 is 0 Å². The highest BCUT2D eigenvalue weighted by Gasteiger charge is 2.18. The first-order valence-corrected chi connectivity index (χ1v) is 5.75. The first-order valence-electron chi connectivity index (χ1n) is 4.93. The van der Waals surface area contributed by atoms with Crippen LogP contribution >= 0.6 is 11.3 Å². The summed E-state index contributed by atoms with van der Waals surface area (Å²) < 4.78 is 0. The third-order valence-corrected chi connectivity index (χ3v) is 3.62. The largest absolute Gasteiger partial charge is 0.387 e. The van der Waals surface area contributed by atoms with Crippen LogP contribution < -0.4 is 0 Å². The Morgan fingerprint density at radius 2 is 1.92 bits per heavy atom. The number of rotatable bonds is 4. The van der Waals surface area contributed by atoms with E-state index in [0.29, 0.717) is 5.92 Å². The Balaban J connectivity index is 2.71. The SMILES string of the molecule is CCC(CC)C(O)c1ccc(C)s1. The van der Waals surface area contributed by atoms with Gasteiger partial charge in [0.25, 0.3) is 0 Å². The minimum Gasteiger partial charge on any atom is -0.387 e. The third-order valence-electron chi connectivity index (χ3n) is 2.55. The Bertz CT molecular complexity index is 250. The molecule has 0 aliphatic rings. The molecule has 1 aromatic rings. The van der Waals surface area contributed by atoms with Crippen LogP contribution in [0.4, 0.5) is 0 Å². The first-order chi connectivity index (χ1) is 6.19. The predicted octanol–water partition coefficient (Wildman–Crippen LogP) is 3.53. The van der Waals surface area contributed by atoms with E-state index in [-0.39, 0.29) is 6.10 Å². The van der Waals surface area contributed by atoms with E-state index in [2.05, 4.69) is 26.8 Å². The highest BCUT2D eigenvalue weighted by molar-refractivity contribution is 7.12. The number of hydrogen-bond donors (Lipinski definition) is 1. The Labute approximate surface area is 84.4 Å². The maximum atomic E-state index is 10.0. The molecule has 1 atom stereocenters. The molecule has 1 aromatic heterocycles. The average Bonchev–Trinajstić information content (AvgIpc) is 2.54. The Morgan fingerprint density at radius 1 is 1.31 bits per heavy atom. The van der Waals surface area contributed by atoms with E-state index in [1.54, 1.807) is 11.3 Å². The molecule has 2 heteroatoms. The first kappa shape index (κ1) is 10.7. The summed E-state index contributed by atoms with van der Waals surface area (Å²) in [6.07, 6.45) is 1.84. The Hall–Kier alpha value is -0.340. The van der Waals surface area contributed by atoms with Gasteiger partial charge in [0.05, 0.1) is 6.10 Å². The predicted molar refractivity (Wildman–Crippen MR) is 58.1 cm³/mol. The topological polar surface area (TPSA) is 20.2 Å². The lowest BCUT2D eigenvalue weighted by Crippen LogP contribution is -2.09. The van der Waals surface area contributed by atoms with Gasteiger partial charge in [-0.2, -0.15) is 0 Å². The van der Waals surface area contributed by atoms with Crippen LogP contribution in [0.25, 0.3) is 0 Å². The van der Waals surface area contributed by atoms with Gasteiger partial charge in [-0.1, -0.05) is 26.7 Å². The molecular weight excluding hydrogens is 180 g/mol. The van der Waals surface area contributed by atoms with Crippen molar-refractivity contribution >= 4 is 11.3 Å². The molecule has 74 valence electrons. The molecule has 1 unspecified atom stereocenters. The second-order valence-electron chi connectivity index (χ2n) is 3.47. The fraction of sp³-hybridized carbons (Fsp3) is 0.636. The summed E-state index contributed by atoms with van der Waals surface area (Å²) in [5.41, 5.74) is 0. The Kier molecular flexibility index (Phi) is 3.94. The number of aliphatic hydroxyl groups excluding tert-OH is 1. The summed E-state index contributed by atoms with van der Waals surface area (Å²) in [6.45, 7) is 6.35. The van der Waals surface area contributed by atoms with Crippen LogP contribution in [0.5, 0.6) is 0 Å². The van der Waals surface area contributed by atoms with Crippen molar-refractivity contribution in [3.8, 4) is 0 Å². The molecule has 0 bridgehead atoms. The zero-order valence-electron chi connectivity index (χ0n) is 8.58. The zero-order chi connectivity index (χ0) is 9.84. The monoisotopic (exact) mass is 198 g/mol. The van der Waals surface area contributed by atoms with Crippen molar-refractivity contribution < 1.29 is 5.11 Å². The van der Waals surface area contributed by atoms with E-state index >= 15 is 0 Å². The number of hydrogen-bond acceptors (Lipinski definition) is 2. The average molecular weight is 198 g/mol. The van der Waals surface area contributed by atoms with Gasteiger partial charge in [-0.05, 0) is 25.0 Å². The van der Waals surface area contributed by atoms with Crippen LogP contribution in [-0.4, -0.2) is 5.11 Å². The summed E-state index contributed by atoms with van der Waals surface area (Å²) in [5.74, 6) is 0.415. The van der Waals surface area contributed by atoms with Gasteiger partial charge in [0.2, 0.25) is 0 Å². The van der Waals surface area contributed by atoms with Gasteiger partial charge in [-0.3, -0.25) is 0 Å². The molecule has 0 saturated carbocycles. The van der Waals surface area contributed by atoms with Gasteiger partial charge in [-0.25, -0.2) is 0 Å². The van der Waals surface area contributed by atoms with E-state index in [1.807, 2.05) is 6.07 Å². The third kappa shape index (κ3) is 2.55. The summed E-state index contributed by atoms with van der Waals surface area (Å²) in [5, 5.41) is 10.0. The molecule has 0 fully saturated rings. The molecule has 0 aliphatic carbocycles. The van der Waals surface area contributed by atoms with E-state index in [4.69, 9.17) is 0 Å². The highest BCUT2D eigenvalue weighted by Crippen LogP contribution is 2.31. The lowest BCUT2D eigenvalue weighted by atomic mass is 9.96. The number of aliphatic hydroxyl groups is 1. The lowest BCUT2D eigenvalue weighted by Gasteiger charge is -2.18. The van der Waals surface area contributed by atoms with Gasteiger partial charge < -0.3 is 5.11 Å². The van der Waals surface area contributed by atoms with Crippen LogP contribution in [0.3, 0.4) is 0 Å². The van der Waals surface area contributed by atoms with Crippen LogP contribution in [0.15, 0.2) is 12.1 Å². The standard InChI is InChI=1S/C11H18OS/c1-4-9(5-2)11(12)10-7-6-8(3)13-10/h6-7,9,11-12H,4-5H2,1-3H3. The summed E-state index contributed by atoms with van der Waals surface area (Å²) in [7, 11) is 0. The fourth-order valence-electron chi connectivity index (χ4n) is 1.58. The second kappa shape index (κ2) is 4.77. The molecule has 13 heavy (non-hydrogen) atoms. The highest BCUT2D eigenvalue weighted by atomic mass is 32.1. The van der Waals surface area contributed by atoms with Gasteiger partial charge in [0.15, 0.2) is 0 Å². The summed E-state index contributed by atoms with van der Waals surface area (Å²) in [6, 6.07) is 4.12. The molecule has 0 aliphatic heterocycles. The molecular formula is C11H18OS. The van der Waals surface area contributed by atoms with Crippen LogP contribution in [0, 0.1) is 12.8 Å². The quantitative estimate of drug-likeness (QED) is 0.784. The molecule has 1 rings (SSSR count). The molecule has 0 aromatic carbocycles. The van der Waals surface area contributed by atoms with Gasteiger partial charge >= 0.3 is 0 Å². The minimum absolute atomic E-state index is 0.256. The summed E-state index contributed by atoms with van der Waals surface area (Å²) in [4.78, 5) is 2.39. The molecule has 0 radical (unpaired) electrons.